The number of rotatable bonds is 9. The zero-order valence-corrected chi connectivity index (χ0v) is 21.8. The van der Waals surface area contributed by atoms with E-state index in [1.165, 1.54) is 16.4 Å². The molecule has 0 N–H and O–H groups in total. The summed E-state index contributed by atoms with van der Waals surface area (Å²) in [5.74, 6) is -0.370. The number of morpholine rings is 1. The van der Waals surface area contributed by atoms with E-state index >= 15 is 0 Å². The monoisotopic (exact) mass is 565 g/mol. The van der Waals surface area contributed by atoms with Crippen LogP contribution in [0, 0.1) is 0 Å². The van der Waals surface area contributed by atoms with Crippen LogP contribution >= 0.6 is 15.9 Å². The number of benzene rings is 2. The van der Waals surface area contributed by atoms with Crippen LogP contribution in [0.5, 0.6) is 5.75 Å². The van der Waals surface area contributed by atoms with Gasteiger partial charge >= 0.3 is 0 Å². The minimum absolute atomic E-state index is 0.0717. The standard InChI is InChI=1S/C24H28BrN3O6S/c1-2-34-20-7-5-19(6-8-20)28-23(29)17-22(24(28)30)27(12-11-26-13-15-33-16-14-26)35(31,32)21-9-3-18(25)4-10-21/h3-10,22H,2,11-17H2,1H3. The van der Waals surface area contributed by atoms with Crippen molar-refractivity contribution >= 4 is 43.5 Å². The third kappa shape index (κ3) is 5.75. The third-order valence-electron chi connectivity index (χ3n) is 6.04. The first-order valence-corrected chi connectivity index (χ1v) is 13.7. The van der Waals surface area contributed by atoms with Crippen LogP contribution in [0.3, 0.4) is 0 Å². The van der Waals surface area contributed by atoms with Crippen LogP contribution < -0.4 is 9.64 Å². The first-order chi connectivity index (χ1) is 16.8. The number of carbonyl (C=O) groups is 2. The summed E-state index contributed by atoms with van der Waals surface area (Å²) in [6.07, 6.45) is -0.217. The molecule has 2 aliphatic heterocycles. The van der Waals surface area contributed by atoms with Gasteiger partial charge in [-0.05, 0) is 55.5 Å². The predicted octanol–water partition coefficient (Wildman–Crippen LogP) is 2.50. The number of ether oxygens (including phenoxy) is 2. The zero-order chi connectivity index (χ0) is 25.0. The second-order valence-corrected chi connectivity index (χ2v) is 11.0. The predicted molar refractivity (Wildman–Crippen MR) is 134 cm³/mol. The highest BCUT2D eigenvalue weighted by atomic mass is 79.9. The molecule has 35 heavy (non-hydrogen) atoms. The molecule has 1 atom stereocenters. The number of halogens is 1. The maximum Gasteiger partial charge on any atom is 0.252 e. The topological polar surface area (TPSA) is 96.5 Å². The van der Waals surface area contributed by atoms with E-state index in [1.54, 1.807) is 36.4 Å². The molecule has 9 nitrogen and oxygen atoms in total. The summed E-state index contributed by atoms with van der Waals surface area (Å²) in [6.45, 7) is 5.39. The van der Waals surface area contributed by atoms with Gasteiger partial charge in [0, 0.05) is 30.7 Å². The maximum absolute atomic E-state index is 13.7. The van der Waals surface area contributed by atoms with Crippen molar-refractivity contribution in [2.75, 3.05) is 50.9 Å². The Hall–Kier alpha value is -2.31. The lowest BCUT2D eigenvalue weighted by molar-refractivity contribution is -0.122. The molecule has 2 saturated heterocycles. The summed E-state index contributed by atoms with van der Waals surface area (Å²) in [5, 5.41) is 0. The van der Waals surface area contributed by atoms with E-state index in [-0.39, 0.29) is 17.9 Å². The summed E-state index contributed by atoms with van der Waals surface area (Å²) in [6, 6.07) is 11.8. The fourth-order valence-corrected chi connectivity index (χ4v) is 6.06. The second kappa shape index (κ2) is 11.2. The zero-order valence-electron chi connectivity index (χ0n) is 19.4. The number of carbonyl (C=O) groups excluding carboxylic acids is 2. The van der Waals surface area contributed by atoms with Crippen molar-refractivity contribution in [1.82, 2.24) is 9.21 Å². The van der Waals surface area contributed by atoms with E-state index in [1.807, 2.05) is 6.92 Å². The van der Waals surface area contributed by atoms with Crippen molar-refractivity contribution in [3.63, 3.8) is 0 Å². The molecule has 0 saturated carbocycles. The Bertz CT molecular complexity index is 1150. The minimum atomic E-state index is -4.04. The van der Waals surface area contributed by atoms with Gasteiger partial charge in [-0.15, -0.1) is 0 Å². The third-order valence-corrected chi connectivity index (χ3v) is 8.49. The van der Waals surface area contributed by atoms with Crippen molar-refractivity contribution in [2.24, 2.45) is 0 Å². The van der Waals surface area contributed by atoms with Gasteiger partial charge in [-0.1, -0.05) is 15.9 Å². The van der Waals surface area contributed by atoms with Gasteiger partial charge in [0.15, 0.2) is 0 Å². The highest BCUT2D eigenvalue weighted by molar-refractivity contribution is 9.10. The Balaban J connectivity index is 1.62. The van der Waals surface area contributed by atoms with E-state index in [9.17, 15) is 18.0 Å². The molecule has 0 radical (unpaired) electrons. The Labute approximate surface area is 213 Å². The van der Waals surface area contributed by atoms with Crippen LogP contribution in [0.1, 0.15) is 13.3 Å². The van der Waals surface area contributed by atoms with Gasteiger partial charge in [0.2, 0.25) is 15.9 Å². The summed E-state index contributed by atoms with van der Waals surface area (Å²) < 4.78 is 40.1. The summed E-state index contributed by atoms with van der Waals surface area (Å²) >= 11 is 3.32. The van der Waals surface area contributed by atoms with Crippen LogP contribution in [-0.2, 0) is 24.3 Å². The molecule has 0 aliphatic carbocycles. The average Bonchev–Trinajstić information content (AvgIpc) is 3.14. The Morgan fingerprint density at radius 2 is 1.71 bits per heavy atom. The molecular formula is C24H28BrN3O6S. The first kappa shape index (κ1) is 25.8. The first-order valence-electron chi connectivity index (χ1n) is 11.5. The number of anilines is 1. The summed E-state index contributed by atoms with van der Waals surface area (Å²) in [7, 11) is -4.04. The number of hydrogen-bond acceptors (Lipinski definition) is 7. The lowest BCUT2D eigenvalue weighted by atomic mass is 10.2. The van der Waals surface area contributed by atoms with Crippen molar-refractivity contribution in [1.29, 1.82) is 0 Å². The number of sulfonamides is 1. The van der Waals surface area contributed by atoms with E-state index < -0.39 is 27.9 Å². The Morgan fingerprint density at radius 1 is 1.06 bits per heavy atom. The van der Waals surface area contributed by atoms with Gasteiger partial charge in [-0.2, -0.15) is 4.31 Å². The van der Waals surface area contributed by atoms with E-state index in [0.29, 0.717) is 50.9 Å². The smallest absolute Gasteiger partial charge is 0.252 e. The van der Waals surface area contributed by atoms with Crippen molar-refractivity contribution < 1.29 is 27.5 Å². The molecule has 11 heteroatoms. The molecule has 2 fully saturated rings. The fourth-order valence-electron chi connectivity index (χ4n) is 4.22. The largest absolute Gasteiger partial charge is 0.494 e. The summed E-state index contributed by atoms with van der Waals surface area (Å²) in [5.41, 5.74) is 0.389. The normalized spacial score (nSPS) is 19.5. The number of amides is 2. The van der Waals surface area contributed by atoms with E-state index in [2.05, 4.69) is 20.8 Å². The number of nitrogens with zero attached hydrogens (tertiary/aromatic N) is 3. The van der Waals surface area contributed by atoms with Crippen LogP contribution in [0.2, 0.25) is 0 Å². The molecular weight excluding hydrogens is 538 g/mol. The van der Waals surface area contributed by atoms with Gasteiger partial charge in [-0.3, -0.25) is 14.5 Å². The quantitative estimate of drug-likeness (QED) is 0.431. The highest BCUT2D eigenvalue weighted by Gasteiger charge is 2.47. The SMILES string of the molecule is CCOc1ccc(N2C(=O)CC(N(CCN3CCOCC3)S(=O)(=O)c3ccc(Br)cc3)C2=O)cc1. The van der Waals surface area contributed by atoms with Crippen LogP contribution in [-0.4, -0.2) is 81.5 Å². The van der Waals surface area contributed by atoms with Gasteiger partial charge in [-0.25, -0.2) is 13.3 Å². The molecule has 2 aromatic rings. The van der Waals surface area contributed by atoms with Crippen molar-refractivity contribution in [3.05, 3.63) is 53.0 Å². The van der Waals surface area contributed by atoms with Crippen LogP contribution in [0.15, 0.2) is 57.9 Å². The van der Waals surface area contributed by atoms with Gasteiger partial charge in [0.25, 0.3) is 5.91 Å². The molecule has 2 heterocycles. The van der Waals surface area contributed by atoms with Crippen LogP contribution in [0.25, 0.3) is 0 Å². The Morgan fingerprint density at radius 3 is 2.34 bits per heavy atom. The van der Waals surface area contributed by atoms with Crippen molar-refractivity contribution in [3.8, 4) is 5.75 Å². The molecule has 2 amide bonds. The average molecular weight is 566 g/mol. The molecule has 4 rings (SSSR count). The van der Waals surface area contributed by atoms with E-state index in [0.717, 1.165) is 9.37 Å². The highest BCUT2D eigenvalue weighted by Crippen LogP contribution is 2.30. The number of hydrogen-bond donors (Lipinski definition) is 0. The molecule has 1 unspecified atom stereocenters. The van der Waals surface area contributed by atoms with Gasteiger partial charge in [0.05, 0.1) is 36.8 Å². The molecule has 0 aromatic heterocycles. The maximum atomic E-state index is 13.7. The van der Waals surface area contributed by atoms with Gasteiger partial charge in [0.1, 0.15) is 11.8 Å². The molecule has 2 aromatic carbocycles. The van der Waals surface area contributed by atoms with Crippen LogP contribution in [0.4, 0.5) is 5.69 Å². The summed E-state index contributed by atoms with van der Waals surface area (Å²) in [4.78, 5) is 29.7. The number of imide groups is 1. The lowest BCUT2D eigenvalue weighted by Crippen LogP contribution is -2.49. The Kier molecular flexibility index (Phi) is 8.23. The molecule has 2 aliphatic rings. The van der Waals surface area contributed by atoms with Crippen molar-refractivity contribution in [2.45, 2.75) is 24.3 Å². The fraction of sp³-hybridized carbons (Fsp3) is 0.417. The van der Waals surface area contributed by atoms with E-state index in [4.69, 9.17) is 9.47 Å². The lowest BCUT2D eigenvalue weighted by Gasteiger charge is -2.31. The molecule has 0 bridgehead atoms. The second-order valence-electron chi connectivity index (χ2n) is 8.24. The minimum Gasteiger partial charge on any atom is -0.494 e. The van der Waals surface area contributed by atoms with Gasteiger partial charge < -0.3 is 9.47 Å². The molecule has 188 valence electrons. The molecule has 0 spiro atoms.